The number of phenolic OH excluding ortho intramolecular Hbond substituents is 1. The normalized spacial score (nSPS) is 11.0. The number of halogens is 1. The summed E-state index contributed by atoms with van der Waals surface area (Å²) in [6.07, 6.45) is 0. The van der Waals surface area contributed by atoms with Gasteiger partial charge in [-0.3, -0.25) is 0 Å². The first-order chi connectivity index (χ1) is 12.1. The van der Waals surface area contributed by atoms with Gasteiger partial charge in [-0.05, 0) is 55.0 Å². The molecule has 0 saturated carbocycles. The van der Waals surface area contributed by atoms with Crippen LogP contribution < -0.4 is 4.74 Å². The van der Waals surface area contributed by atoms with Gasteiger partial charge in [-0.25, -0.2) is 4.39 Å². The molecule has 4 rings (SSSR count). The summed E-state index contributed by atoms with van der Waals surface area (Å²) in [4.78, 5) is 0. The SMILES string of the molecule is Cc1ccc(Oc2sc3cc(O)ccc3c2-c2ccc([18F])cc2)cc1. The van der Waals surface area contributed by atoms with E-state index in [9.17, 15) is 9.50 Å². The Labute approximate surface area is 148 Å². The molecule has 0 fully saturated rings. The summed E-state index contributed by atoms with van der Waals surface area (Å²) in [5.74, 6) is 0.674. The van der Waals surface area contributed by atoms with E-state index in [4.69, 9.17) is 4.74 Å². The first-order valence-electron chi connectivity index (χ1n) is 7.86. The van der Waals surface area contributed by atoms with Crippen molar-refractivity contribution in [1.29, 1.82) is 0 Å². The molecule has 25 heavy (non-hydrogen) atoms. The van der Waals surface area contributed by atoms with E-state index < -0.39 is 0 Å². The van der Waals surface area contributed by atoms with Crippen molar-refractivity contribution >= 4 is 21.4 Å². The number of ether oxygens (including phenoxy) is 1. The number of hydrogen-bond acceptors (Lipinski definition) is 3. The Hall–Kier alpha value is -2.85. The molecule has 0 aliphatic carbocycles. The molecule has 0 amide bonds. The largest absolute Gasteiger partial charge is 0.508 e. The number of benzene rings is 3. The highest BCUT2D eigenvalue weighted by molar-refractivity contribution is 7.21. The molecular weight excluding hydrogens is 334 g/mol. The Morgan fingerprint density at radius 2 is 1.64 bits per heavy atom. The molecule has 2 nitrogen and oxygen atoms in total. The maximum atomic E-state index is 13.3. The predicted octanol–water partition coefficient (Wildman–Crippen LogP) is 6.51. The Kier molecular flexibility index (Phi) is 3.90. The van der Waals surface area contributed by atoms with E-state index in [1.165, 1.54) is 23.5 Å². The van der Waals surface area contributed by atoms with Crippen LogP contribution in [0.2, 0.25) is 0 Å². The van der Waals surface area contributed by atoms with Gasteiger partial charge in [0.15, 0.2) is 5.06 Å². The van der Waals surface area contributed by atoms with Crippen LogP contribution in [-0.4, -0.2) is 5.11 Å². The number of rotatable bonds is 3. The fourth-order valence-corrected chi connectivity index (χ4v) is 3.87. The summed E-state index contributed by atoms with van der Waals surface area (Å²) >= 11 is 1.46. The molecule has 0 bridgehead atoms. The number of thiophene rings is 1. The van der Waals surface area contributed by atoms with E-state index in [2.05, 4.69) is 0 Å². The second kappa shape index (κ2) is 6.22. The Morgan fingerprint density at radius 3 is 2.36 bits per heavy atom. The standard InChI is InChI=1S/C21H15FO2S/c1-13-2-9-17(10-3-13)24-21-20(14-4-6-15(22)7-5-14)18-11-8-16(23)12-19(18)25-21/h2-12,23H,1H3/i22-1. The highest BCUT2D eigenvalue weighted by atomic mass is 32.1. The van der Waals surface area contributed by atoms with Gasteiger partial charge in [0, 0.05) is 15.6 Å². The minimum Gasteiger partial charge on any atom is -0.508 e. The highest BCUT2D eigenvalue weighted by Gasteiger charge is 2.17. The first-order valence-corrected chi connectivity index (χ1v) is 8.68. The van der Waals surface area contributed by atoms with Crippen molar-refractivity contribution in [3.05, 3.63) is 78.1 Å². The van der Waals surface area contributed by atoms with Gasteiger partial charge < -0.3 is 9.84 Å². The lowest BCUT2D eigenvalue weighted by Crippen LogP contribution is -1.85. The molecule has 4 aromatic rings. The molecule has 0 unspecified atom stereocenters. The van der Waals surface area contributed by atoms with Gasteiger partial charge in [-0.1, -0.05) is 41.2 Å². The van der Waals surface area contributed by atoms with Gasteiger partial charge in [-0.15, -0.1) is 0 Å². The Morgan fingerprint density at radius 1 is 0.920 bits per heavy atom. The van der Waals surface area contributed by atoms with Crippen LogP contribution in [0.25, 0.3) is 21.2 Å². The quantitative estimate of drug-likeness (QED) is 0.456. The van der Waals surface area contributed by atoms with Crippen molar-refractivity contribution in [3.8, 4) is 27.7 Å². The van der Waals surface area contributed by atoms with Crippen molar-refractivity contribution in [3.63, 3.8) is 0 Å². The van der Waals surface area contributed by atoms with Crippen LogP contribution in [0.15, 0.2) is 66.7 Å². The zero-order chi connectivity index (χ0) is 17.4. The zero-order valence-corrected chi connectivity index (χ0v) is 14.3. The average Bonchev–Trinajstić information content (AvgIpc) is 2.94. The van der Waals surface area contributed by atoms with E-state index in [0.29, 0.717) is 0 Å². The summed E-state index contributed by atoms with van der Waals surface area (Å²) < 4.78 is 20.4. The van der Waals surface area contributed by atoms with Crippen LogP contribution in [0.4, 0.5) is 4.39 Å². The minimum absolute atomic E-state index is 0.210. The summed E-state index contributed by atoms with van der Waals surface area (Å²) in [7, 11) is 0. The fraction of sp³-hybridized carbons (Fsp3) is 0.0476. The van der Waals surface area contributed by atoms with E-state index >= 15 is 0 Å². The summed E-state index contributed by atoms with van der Waals surface area (Å²) in [5, 5.41) is 11.5. The van der Waals surface area contributed by atoms with E-state index in [1.807, 2.05) is 37.3 Å². The number of fused-ring (bicyclic) bond motifs is 1. The van der Waals surface area contributed by atoms with Crippen LogP contribution in [-0.2, 0) is 0 Å². The molecule has 4 heteroatoms. The van der Waals surface area contributed by atoms with Gasteiger partial charge in [-0.2, -0.15) is 0 Å². The Bertz CT molecular complexity index is 1030. The molecule has 3 aromatic carbocycles. The topological polar surface area (TPSA) is 29.5 Å². The smallest absolute Gasteiger partial charge is 0.189 e. The van der Waals surface area contributed by atoms with Gasteiger partial charge in [0.25, 0.3) is 0 Å². The van der Waals surface area contributed by atoms with Crippen molar-refractivity contribution in [2.24, 2.45) is 0 Å². The van der Waals surface area contributed by atoms with E-state index in [-0.39, 0.29) is 11.6 Å². The fourth-order valence-electron chi connectivity index (χ4n) is 2.74. The summed E-state index contributed by atoms with van der Waals surface area (Å²) in [6.45, 7) is 2.02. The molecule has 1 heterocycles. The molecular formula is C21H15FO2S. The molecule has 124 valence electrons. The number of aryl methyl sites for hydroxylation is 1. The van der Waals surface area contributed by atoms with Gasteiger partial charge >= 0.3 is 0 Å². The third kappa shape index (κ3) is 3.08. The monoisotopic (exact) mass is 349 g/mol. The number of phenols is 1. The van der Waals surface area contributed by atoms with Crippen LogP contribution in [0.5, 0.6) is 16.6 Å². The van der Waals surface area contributed by atoms with Gasteiger partial charge in [0.2, 0.25) is 0 Å². The number of aromatic hydroxyl groups is 1. The van der Waals surface area contributed by atoms with E-state index in [1.54, 1.807) is 24.3 Å². The van der Waals surface area contributed by atoms with E-state index in [0.717, 1.165) is 37.6 Å². The lowest BCUT2D eigenvalue weighted by atomic mass is 10.0. The molecule has 0 aliphatic rings. The van der Waals surface area contributed by atoms with Crippen molar-refractivity contribution < 1.29 is 14.2 Å². The zero-order valence-electron chi connectivity index (χ0n) is 13.5. The van der Waals surface area contributed by atoms with Crippen LogP contribution in [0, 0.1) is 12.7 Å². The third-order valence-corrected chi connectivity index (χ3v) is 5.04. The van der Waals surface area contributed by atoms with Crippen molar-refractivity contribution in [1.82, 2.24) is 0 Å². The van der Waals surface area contributed by atoms with Crippen molar-refractivity contribution in [2.45, 2.75) is 6.92 Å². The molecule has 0 radical (unpaired) electrons. The second-order valence-corrected chi connectivity index (χ2v) is 6.88. The van der Waals surface area contributed by atoms with Gasteiger partial charge in [0.1, 0.15) is 17.3 Å². The lowest BCUT2D eigenvalue weighted by molar-refractivity contribution is 0.476. The second-order valence-electron chi connectivity index (χ2n) is 5.87. The Balaban J connectivity index is 1.88. The summed E-state index contributed by atoms with van der Waals surface area (Å²) in [5.41, 5.74) is 2.94. The lowest BCUT2D eigenvalue weighted by Gasteiger charge is -2.08. The maximum absolute atomic E-state index is 13.3. The minimum atomic E-state index is -0.276. The molecule has 0 aliphatic heterocycles. The van der Waals surface area contributed by atoms with Crippen LogP contribution in [0.1, 0.15) is 5.56 Å². The molecule has 1 aromatic heterocycles. The molecule has 0 spiro atoms. The summed E-state index contributed by atoms with van der Waals surface area (Å²) in [6, 6.07) is 19.4. The van der Waals surface area contributed by atoms with Crippen LogP contribution >= 0.6 is 11.3 Å². The van der Waals surface area contributed by atoms with Crippen LogP contribution in [0.3, 0.4) is 0 Å². The predicted molar refractivity (Wildman–Crippen MR) is 100 cm³/mol. The maximum Gasteiger partial charge on any atom is 0.189 e. The highest BCUT2D eigenvalue weighted by Crippen LogP contribution is 2.47. The third-order valence-electron chi connectivity index (χ3n) is 4.01. The molecule has 0 atom stereocenters. The van der Waals surface area contributed by atoms with Gasteiger partial charge in [0.05, 0.1) is 0 Å². The first kappa shape index (κ1) is 15.7. The van der Waals surface area contributed by atoms with Crippen molar-refractivity contribution in [2.75, 3.05) is 0 Å². The number of hydrogen-bond donors (Lipinski definition) is 1. The average molecular weight is 349 g/mol. The molecule has 1 N–H and O–H groups in total. The molecule has 0 saturated heterocycles.